The van der Waals surface area contributed by atoms with Crippen molar-refractivity contribution in [3.63, 3.8) is 0 Å². The van der Waals surface area contributed by atoms with Crippen LogP contribution in [0.1, 0.15) is 30.3 Å². The van der Waals surface area contributed by atoms with Crippen LogP contribution in [0.25, 0.3) is 0 Å². The Bertz CT molecular complexity index is 726. The summed E-state index contributed by atoms with van der Waals surface area (Å²) in [6.45, 7) is 4.81. The summed E-state index contributed by atoms with van der Waals surface area (Å²) in [6.07, 6.45) is 1.97. The van der Waals surface area contributed by atoms with Crippen LogP contribution in [0.15, 0.2) is 29.1 Å². The normalized spacial score (nSPS) is 16.7. The topological polar surface area (TPSA) is 52.3 Å². The number of likely N-dealkylation sites (tertiary alicyclic amines) is 1. The quantitative estimate of drug-likeness (QED) is 0.862. The maximum Gasteiger partial charge on any atom is 0.345 e. The number of aryl methyl sites for hydroxylation is 2. The number of piperidine rings is 1. The van der Waals surface area contributed by atoms with Gasteiger partial charge in [0.25, 0.3) is 0 Å². The lowest BCUT2D eigenvalue weighted by Crippen LogP contribution is -2.37. The van der Waals surface area contributed by atoms with Crippen molar-refractivity contribution in [1.82, 2.24) is 19.2 Å². The predicted octanol–water partition coefficient (Wildman–Crippen LogP) is 1.74. The van der Waals surface area contributed by atoms with Gasteiger partial charge in [0.15, 0.2) is 0 Å². The number of ether oxygens (including phenoxy) is 1. The summed E-state index contributed by atoms with van der Waals surface area (Å²) in [6, 6.07) is 8.47. The van der Waals surface area contributed by atoms with Crippen LogP contribution in [0.5, 0.6) is 5.75 Å². The second-order valence-corrected chi connectivity index (χ2v) is 6.18. The minimum Gasteiger partial charge on any atom is -0.497 e. The Balaban J connectivity index is 1.63. The lowest BCUT2D eigenvalue weighted by atomic mass is 10.0. The van der Waals surface area contributed by atoms with Gasteiger partial charge in [-0.05, 0) is 37.5 Å². The molecule has 0 radical (unpaired) electrons. The highest BCUT2D eigenvalue weighted by molar-refractivity contribution is 5.28. The predicted molar refractivity (Wildman–Crippen MR) is 88.7 cm³/mol. The largest absolute Gasteiger partial charge is 0.497 e. The molecule has 23 heavy (non-hydrogen) atoms. The first-order chi connectivity index (χ1) is 11.1. The molecular weight excluding hydrogens is 292 g/mol. The standard InChI is InChI=1S/C17H24N4O2/c1-13-18-19(2)17(22)21(13)15-7-9-20(10-8-15)12-14-5-4-6-16(11-14)23-3/h4-6,11,15H,7-10,12H2,1-3H3. The lowest BCUT2D eigenvalue weighted by molar-refractivity contribution is 0.176. The summed E-state index contributed by atoms with van der Waals surface area (Å²) >= 11 is 0. The zero-order chi connectivity index (χ0) is 16.4. The molecule has 0 aliphatic carbocycles. The average Bonchev–Trinajstić information content (AvgIpc) is 2.81. The van der Waals surface area contributed by atoms with E-state index in [-0.39, 0.29) is 11.7 Å². The van der Waals surface area contributed by atoms with Crippen LogP contribution in [-0.4, -0.2) is 39.4 Å². The molecule has 1 aliphatic rings. The van der Waals surface area contributed by atoms with Crippen LogP contribution in [0.2, 0.25) is 0 Å². The van der Waals surface area contributed by atoms with Gasteiger partial charge in [0.1, 0.15) is 11.6 Å². The van der Waals surface area contributed by atoms with Crippen molar-refractivity contribution in [2.24, 2.45) is 7.05 Å². The van der Waals surface area contributed by atoms with Crippen molar-refractivity contribution >= 4 is 0 Å². The maximum absolute atomic E-state index is 12.2. The molecule has 6 heteroatoms. The van der Waals surface area contributed by atoms with E-state index in [4.69, 9.17) is 4.74 Å². The van der Waals surface area contributed by atoms with Crippen LogP contribution >= 0.6 is 0 Å². The van der Waals surface area contributed by atoms with Gasteiger partial charge in [0.05, 0.1) is 7.11 Å². The van der Waals surface area contributed by atoms with Crippen LogP contribution in [-0.2, 0) is 13.6 Å². The molecule has 1 fully saturated rings. The smallest absolute Gasteiger partial charge is 0.345 e. The van der Waals surface area contributed by atoms with Gasteiger partial charge in [-0.1, -0.05) is 12.1 Å². The van der Waals surface area contributed by atoms with Crippen LogP contribution in [0, 0.1) is 6.92 Å². The fourth-order valence-corrected chi connectivity index (χ4v) is 3.39. The van der Waals surface area contributed by atoms with Gasteiger partial charge in [-0.2, -0.15) is 5.10 Å². The molecule has 0 N–H and O–H groups in total. The van der Waals surface area contributed by atoms with Gasteiger partial charge >= 0.3 is 5.69 Å². The molecule has 1 aromatic heterocycles. The van der Waals surface area contributed by atoms with E-state index in [1.807, 2.05) is 23.6 Å². The second-order valence-electron chi connectivity index (χ2n) is 6.18. The van der Waals surface area contributed by atoms with E-state index in [9.17, 15) is 4.79 Å². The van der Waals surface area contributed by atoms with Gasteiger partial charge in [0, 0.05) is 32.7 Å². The van der Waals surface area contributed by atoms with E-state index in [2.05, 4.69) is 22.1 Å². The zero-order valence-electron chi connectivity index (χ0n) is 14.0. The number of methoxy groups -OCH3 is 1. The van der Waals surface area contributed by atoms with Crippen molar-refractivity contribution in [3.05, 3.63) is 46.1 Å². The van der Waals surface area contributed by atoms with Gasteiger partial charge in [-0.15, -0.1) is 0 Å². The molecule has 2 heterocycles. The van der Waals surface area contributed by atoms with Crippen molar-refractivity contribution < 1.29 is 4.74 Å². The first-order valence-electron chi connectivity index (χ1n) is 8.06. The fraction of sp³-hybridized carbons (Fsp3) is 0.529. The highest BCUT2D eigenvalue weighted by Gasteiger charge is 2.24. The van der Waals surface area contributed by atoms with E-state index >= 15 is 0 Å². The van der Waals surface area contributed by atoms with E-state index in [1.165, 1.54) is 10.2 Å². The Morgan fingerprint density at radius 3 is 2.65 bits per heavy atom. The molecule has 0 spiro atoms. The SMILES string of the molecule is COc1cccc(CN2CCC(n3c(C)nn(C)c3=O)CC2)c1. The molecule has 2 aromatic rings. The molecule has 6 nitrogen and oxygen atoms in total. The van der Waals surface area contributed by atoms with Crippen LogP contribution in [0.3, 0.4) is 0 Å². The number of benzene rings is 1. The van der Waals surface area contributed by atoms with Crippen LogP contribution in [0.4, 0.5) is 0 Å². The number of hydrogen-bond donors (Lipinski definition) is 0. The molecule has 0 atom stereocenters. The number of hydrogen-bond acceptors (Lipinski definition) is 4. The van der Waals surface area contributed by atoms with E-state index in [0.29, 0.717) is 0 Å². The third kappa shape index (κ3) is 3.32. The molecule has 3 rings (SSSR count). The maximum atomic E-state index is 12.2. The first-order valence-corrected chi connectivity index (χ1v) is 8.06. The summed E-state index contributed by atoms with van der Waals surface area (Å²) in [5.74, 6) is 1.71. The summed E-state index contributed by atoms with van der Waals surface area (Å²) in [7, 11) is 3.41. The summed E-state index contributed by atoms with van der Waals surface area (Å²) < 4.78 is 8.56. The third-order valence-electron chi connectivity index (χ3n) is 4.59. The van der Waals surface area contributed by atoms with Gasteiger partial charge in [-0.3, -0.25) is 9.47 Å². The Morgan fingerprint density at radius 1 is 1.30 bits per heavy atom. The minimum absolute atomic E-state index is 0.00579. The van der Waals surface area contributed by atoms with Crippen molar-refractivity contribution in [2.75, 3.05) is 20.2 Å². The van der Waals surface area contributed by atoms with E-state index in [0.717, 1.165) is 44.0 Å². The molecule has 0 bridgehead atoms. The lowest BCUT2D eigenvalue weighted by Gasteiger charge is -2.32. The van der Waals surface area contributed by atoms with Gasteiger partial charge in [-0.25, -0.2) is 9.48 Å². The molecule has 0 unspecified atom stereocenters. The number of rotatable bonds is 4. The van der Waals surface area contributed by atoms with Crippen molar-refractivity contribution in [1.29, 1.82) is 0 Å². The Morgan fingerprint density at radius 2 is 2.04 bits per heavy atom. The Labute approximate surface area is 136 Å². The molecule has 1 aromatic carbocycles. The zero-order valence-corrected chi connectivity index (χ0v) is 14.0. The molecule has 0 saturated carbocycles. The second kappa shape index (κ2) is 6.58. The molecule has 1 saturated heterocycles. The summed E-state index contributed by atoms with van der Waals surface area (Å²) in [5.41, 5.74) is 1.26. The Hall–Kier alpha value is -2.08. The average molecular weight is 316 g/mol. The highest BCUT2D eigenvalue weighted by Crippen LogP contribution is 2.24. The molecule has 1 aliphatic heterocycles. The number of nitrogens with zero attached hydrogens (tertiary/aromatic N) is 4. The van der Waals surface area contributed by atoms with E-state index in [1.54, 1.807) is 14.2 Å². The van der Waals surface area contributed by atoms with Crippen molar-refractivity contribution in [2.45, 2.75) is 32.4 Å². The summed E-state index contributed by atoms with van der Waals surface area (Å²) in [5, 5.41) is 4.23. The van der Waals surface area contributed by atoms with Gasteiger partial charge in [0.2, 0.25) is 0 Å². The highest BCUT2D eigenvalue weighted by atomic mass is 16.5. The Kier molecular flexibility index (Phi) is 4.52. The third-order valence-corrected chi connectivity index (χ3v) is 4.59. The molecule has 124 valence electrons. The molecule has 0 amide bonds. The number of aromatic nitrogens is 3. The molecular formula is C17H24N4O2. The first kappa shape index (κ1) is 15.8. The van der Waals surface area contributed by atoms with E-state index < -0.39 is 0 Å². The monoisotopic (exact) mass is 316 g/mol. The van der Waals surface area contributed by atoms with Gasteiger partial charge < -0.3 is 4.74 Å². The summed E-state index contributed by atoms with van der Waals surface area (Å²) in [4.78, 5) is 14.6. The fourth-order valence-electron chi connectivity index (χ4n) is 3.39. The van der Waals surface area contributed by atoms with Crippen LogP contribution < -0.4 is 10.4 Å². The minimum atomic E-state index is -0.00579. The van der Waals surface area contributed by atoms with Crippen molar-refractivity contribution in [3.8, 4) is 5.75 Å².